The van der Waals surface area contributed by atoms with Crippen molar-refractivity contribution < 1.29 is 12.4 Å². The van der Waals surface area contributed by atoms with Crippen LogP contribution in [-0.4, -0.2) is 52.2 Å². The maximum Gasteiger partial charge on any atom is 2.00 e. The maximum atomic E-state index is 5.67. The summed E-state index contributed by atoms with van der Waals surface area (Å²) in [6, 6.07) is 7.63. The molecule has 6 nitrogen and oxygen atoms in total. The topological polar surface area (TPSA) is 60.4 Å². The zero-order valence-corrected chi connectivity index (χ0v) is 20.4. The van der Waals surface area contributed by atoms with Crippen LogP contribution in [0.3, 0.4) is 0 Å². The first-order chi connectivity index (χ1) is 13.0. The minimum absolute atomic E-state index is 0. The van der Waals surface area contributed by atoms with Gasteiger partial charge in [-0.15, -0.1) is 0 Å². The van der Waals surface area contributed by atoms with Gasteiger partial charge in [0.25, 0.3) is 0 Å². The van der Waals surface area contributed by atoms with Gasteiger partial charge in [-0.05, 0) is 44.5 Å². The van der Waals surface area contributed by atoms with Gasteiger partial charge in [0.05, 0.1) is 29.5 Å². The minimum atomic E-state index is 0. The molecule has 0 bridgehead atoms. The Kier molecular flexibility index (Phi) is 13.1. The van der Waals surface area contributed by atoms with Crippen LogP contribution >= 0.6 is 11.6 Å². The van der Waals surface area contributed by atoms with Crippen molar-refractivity contribution in [3.05, 3.63) is 65.8 Å². The first-order valence-electron chi connectivity index (χ1n) is 9.06. The van der Waals surface area contributed by atoms with E-state index in [0.29, 0.717) is 5.15 Å². The Hall–Kier alpha value is -1.41. The molecule has 0 N–H and O–H groups in total. The molecule has 0 saturated carbocycles. The molecule has 0 amide bonds. The van der Waals surface area contributed by atoms with Gasteiger partial charge < -0.3 is 19.3 Å². The van der Waals surface area contributed by atoms with Crippen LogP contribution in [0.4, 0.5) is 0 Å². The first kappa shape index (κ1) is 27.6. The summed E-state index contributed by atoms with van der Waals surface area (Å²) >= 11 is 5.67. The van der Waals surface area contributed by atoms with Crippen molar-refractivity contribution in [2.24, 2.45) is 0 Å². The van der Waals surface area contributed by atoms with Gasteiger partial charge in [-0.3, -0.25) is 0 Å². The number of hydrogen-bond donors (Lipinski definition) is 0. The van der Waals surface area contributed by atoms with Gasteiger partial charge in [-0.25, -0.2) is 19.0 Å². The van der Waals surface area contributed by atoms with Crippen molar-refractivity contribution in [2.45, 2.75) is 47.0 Å². The van der Waals surface area contributed by atoms with Gasteiger partial charge in [0, 0.05) is 0 Å². The second kappa shape index (κ2) is 13.7. The fraction of sp³-hybridized carbons (Fsp3) is 0.350. The third kappa shape index (κ3) is 8.46. The van der Waals surface area contributed by atoms with E-state index in [2.05, 4.69) is 34.0 Å². The monoisotopic (exact) mass is 444 g/mol. The van der Waals surface area contributed by atoms with Crippen LogP contribution in [0, 0.1) is 20.8 Å². The molecule has 4 heterocycles. The second-order valence-electron chi connectivity index (χ2n) is 6.10. The molecule has 9 heteroatoms. The van der Waals surface area contributed by atoms with Crippen molar-refractivity contribution in [1.82, 2.24) is 29.2 Å². The number of aryl methyl sites for hydroxylation is 3. The van der Waals surface area contributed by atoms with Crippen molar-refractivity contribution >= 4 is 45.9 Å². The smallest absolute Gasteiger partial charge is 1.00 e. The van der Waals surface area contributed by atoms with E-state index < -0.39 is 0 Å². The Balaban J connectivity index is 0.000000453. The van der Waals surface area contributed by atoms with Gasteiger partial charge in [0.15, 0.2) is 11.3 Å². The summed E-state index contributed by atoms with van der Waals surface area (Å²) in [5.41, 5.74) is 4.84. The number of fused-ring (bicyclic) bond motifs is 2. The average molecular weight is 446 g/mol. The maximum absolute atomic E-state index is 5.67. The molecule has 152 valence electrons. The zero-order valence-electron chi connectivity index (χ0n) is 17.4. The van der Waals surface area contributed by atoms with Crippen molar-refractivity contribution in [2.75, 3.05) is 0 Å². The summed E-state index contributed by atoms with van der Waals surface area (Å²) < 4.78 is 3.51. The van der Waals surface area contributed by atoms with Crippen molar-refractivity contribution in [1.29, 1.82) is 0 Å². The summed E-state index contributed by atoms with van der Waals surface area (Å²) in [5, 5.41) is 8.94. The van der Waals surface area contributed by atoms with Crippen LogP contribution in [0.5, 0.6) is 0 Å². The molecule has 0 atom stereocenters. The van der Waals surface area contributed by atoms with E-state index in [1.54, 1.807) is 10.6 Å². The van der Waals surface area contributed by atoms with E-state index in [9.17, 15) is 0 Å². The SMILES string of the molecule is CCCc1ccc2nc(C)cn2n1.Cc1cn2nc(Cl)ccc2n1.[CH2-]CC.[Cl-].[Mg+2]. The molecular formula is C20H26Cl2MgN6. The third-order valence-corrected chi connectivity index (χ3v) is 3.61. The van der Waals surface area contributed by atoms with Crippen LogP contribution in [0.25, 0.3) is 11.3 Å². The normalized spacial score (nSPS) is 9.59. The largest absolute Gasteiger partial charge is 2.00 e. The van der Waals surface area contributed by atoms with Crippen LogP contribution in [-0.2, 0) is 6.42 Å². The first-order valence-corrected chi connectivity index (χ1v) is 9.44. The molecule has 0 radical (unpaired) electrons. The molecule has 0 aliphatic carbocycles. The number of hydrogen-bond acceptors (Lipinski definition) is 4. The Morgan fingerprint density at radius 1 is 0.897 bits per heavy atom. The predicted octanol–water partition coefficient (Wildman–Crippen LogP) is 1.54. The molecule has 0 spiro atoms. The summed E-state index contributed by atoms with van der Waals surface area (Å²) in [7, 11) is 0. The number of halogens is 2. The molecule has 0 fully saturated rings. The molecule has 4 aromatic heterocycles. The van der Waals surface area contributed by atoms with Gasteiger partial charge in [0.2, 0.25) is 0 Å². The Morgan fingerprint density at radius 2 is 1.38 bits per heavy atom. The van der Waals surface area contributed by atoms with E-state index in [1.807, 2.05) is 55.9 Å². The molecule has 4 rings (SSSR count). The van der Waals surface area contributed by atoms with E-state index in [0.717, 1.165) is 47.6 Å². The van der Waals surface area contributed by atoms with Crippen LogP contribution in [0.2, 0.25) is 5.15 Å². The predicted molar refractivity (Wildman–Crippen MR) is 116 cm³/mol. The summed E-state index contributed by atoms with van der Waals surface area (Å²) in [6.45, 7) is 11.6. The Labute approximate surface area is 199 Å². The zero-order chi connectivity index (χ0) is 19.8. The Bertz CT molecular complexity index is 999. The molecule has 29 heavy (non-hydrogen) atoms. The fourth-order valence-electron chi connectivity index (χ4n) is 2.41. The van der Waals surface area contributed by atoms with Gasteiger partial charge in [-0.1, -0.05) is 31.9 Å². The van der Waals surface area contributed by atoms with E-state index in [1.165, 1.54) is 0 Å². The molecule has 0 aliphatic rings. The second-order valence-corrected chi connectivity index (χ2v) is 6.49. The van der Waals surface area contributed by atoms with Crippen molar-refractivity contribution in [3.63, 3.8) is 0 Å². The molecule has 0 unspecified atom stereocenters. The van der Waals surface area contributed by atoms with Crippen LogP contribution < -0.4 is 12.4 Å². The molecular weight excluding hydrogens is 419 g/mol. The van der Waals surface area contributed by atoms with Gasteiger partial charge in [-0.2, -0.15) is 16.6 Å². The summed E-state index contributed by atoms with van der Waals surface area (Å²) in [4.78, 5) is 8.51. The van der Waals surface area contributed by atoms with Gasteiger partial charge in [0.1, 0.15) is 5.15 Å². The number of aromatic nitrogens is 6. The molecule has 0 aromatic carbocycles. The Morgan fingerprint density at radius 3 is 1.90 bits per heavy atom. The quantitative estimate of drug-likeness (QED) is 0.347. The number of rotatable bonds is 2. The average Bonchev–Trinajstić information content (AvgIpc) is 3.16. The fourth-order valence-corrected chi connectivity index (χ4v) is 2.55. The van der Waals surface area contributed by atoms with E-state index in [-0.39, 0.29) is 35.5 Å². The molecule has 0 saturated heterocycles. The van der Waals surface area contributed by atoms with Crippen LogP contribution in [0.15, 0.2) is 36.7 Å². The minimum Gasteiger partial charge on any atom is -1.00 e. The molecule has 0 aliphatic heterocycles. The number of nitrogens with zero attached hydrogens (tertiary/aromatic N) is 6. The van der Waals surface area contributed by atoms with Crippen molar-refractivity contribution in [3.8, 4) is 0 Å². The third-order valence-electron chi connectivity index (χ3n) is 3.41. The number of imidazole rings is 2. The summed E-state index contributed by atoms with van der Waals surface area (Å²) in [5.74, 6) is 0. The van der Waals surface area contributed by atoms with E-state index in [4.69, 9.17) is 11.6 Å². The van der Waals surface area contributed by atoms with Gasteiger partial charge >= 0.3 is 23.1 Å². The molecule has 4 aromatic rings. The van der Waals surface area contributed by atoms with Crippen LogP contribution in [0.1, 0.15) is 43.8 Å². The standard InChI is InChI=1S/C10H13N3.C7H6ClN3.C3H7.ClH.Mg/c1-3-4-9-5-6-10-11-8(2)7-13(10)12-9;1-5-4-11-7(9-5)3-2-6(8)10-11;1-3-2;;/h5-7H,3-4H2,1-2H3;2-4H,1H3;1,3H2,2H3;1H;/q;;-1;;+2/p-1. The summed E-state index contributed by atoms with van der Waals surface area (Å²) in [6.07, 6.45) is 6.95. The van der Waals surface area contributed by atoms with E-state index >= 15 is 0 Å².